The topological polar surface area (TPSA) is 91.1 Å². The van der Waals surface area contributed by atoms with Crippen molar-refractivity contribution in [3.05, 3.63) is 94.4 Å². The van der Waals surface area contributed by atoms with E-state index in [9.17, 15) is 9.59 Å². The zero-order valence-electron chi connectivity index (χ0n) is 19.2. The van der Waals surface area contributed by atoms with Crippen LogP contribution in [0.3, 0.4) is 0 Å². The van der Waals surface area contributed by atoms with Crippen molar-refractivity contribution in [1.82, 2.24) is 4.57 Å². The van der Waals surface area contributed by atoms with Gasteiger partial charge in [-0.2, -0.15) is 0 Å². The second-order valence-electron chi connectivity index (χ2n) is 9.22. The van der Waals surface area contributed by atoms with E-state index in [2.05, 4.69) is 18.2 Å². The van der Waals surface area contributed by atoms with E-state index in [1.165, 1.54) is 5.56 Å². The maximum absolute atomic E-state index is 13.1. The second-order valence-corrected chi connectivity index (χ2v) is 9.22. The Kier molecular flexibility index (Phi) is 7.09. The maximum atomic E-state index is 13.1. The number of carbonyl (C=O) groups excluding carboxylic acids is 1. The molecular weight excluding hydrogens is 410 g/mol. The summed E-state index contributed by atoms with van der Waals surface area (Å²) in [6, 6.07) is 24.2. The number of carbonyl (C=O) groups is 1. The average molecular weight is 444 g/mol. The number of nitrogens with two attached hydrogens (primary N) is 2. The van der Waals surface area contributed by atoms with Crippen LogP contribution in [-0.4, -0.2) is 17.0 Å². The van der Waals surface area contributed by atoms with Gasteiger partial charge in [0.15, 0.2) is 0 Å². The van der Waals surface area contributed by atoms with Crippen LogP contribution in [0.4, 0.5) is 0 Å². The molecule has 1 aliphatic carbocycles. The van der Waals surface area contributed by atoms with E-state index >= 15 is 0 Å². The lowest BCUT2D eigenvalue weighted by atomic mass is 9.68. The highest BCUT2D eigenvalue weighted by Gasteiger charge is 2.36. The Morgan fingerprint density at radius 3 is 2.12 bits per heavy atom. The van der Waals surface area contributed by atoms with Gasteiger partial charge < -0.3 is 16.0 Å². The summed E-state index contributed by atoms with van der Waals surface area (Å²) in [7, 11) is 1.85. The van der Waals surface area contributed by atoms with Crippen molar-refractivity contribution in [2.45, 2.75) is 37.5 Å². The van der Waals surface area contributed by atoms with Gasteiger partial charge in [-0.3, -0.25) is 9.59 Å². The first-order valence-corrected chi connectivity index (χ1v) is 11.8. The molecule has 1 saturated carbocycles. The number of nitrogens with zero attached hydrogens (tertiary/aromatic N) is 1. The summed E-state index contributed by atoms with van der Waals surface area (Å²) in [6.07, 6.45) is 3.36. The van der Waals surface area contributed by atoms with Gasteiger partial charge in [0.1, 0.15) is 0 Å². The fraction of sp³-hybridized carbons (Fsp3) is 0.357. The summed E-state index contributed by atoms with van der Waals surface area (Å²) in [4.78, 5) is 24.9. The minimum Gasteiger partial charge on any atom is -0.369 e. The lowest BCUT2D eigenvalue weighted by molar-refractivity contribution is -0.123. The third-order valence-corrected chi connectivity index (χ3v) is 7.35. The van der Waals surface area contributed by atoms with Crippen LogP contribution in [0.25, 0.3) is 11.1 Å². The summed E-state index contributed by atoms with van der Waals surface area (Å²) in [5.41, 5.74) is 16.1. The van der Waals surface area contributed by atoms with Crippen molar-refractivity contribution in [3.63, 3.8) is 0 Å². The van der Waals surface area contributed by atoms with Gasteiger partial charge in [-0.15, -0.1) is 0 Å². The van der Waals surface area contributed by atoms with Crippen LogP contribution in [0.5, 0.6) is 0 Å². The molecule has 172 valence electrons. The fourth-order valence-corrected chi connectivity index (χ4v) is 5.50. The number of amides is 1. The molecule has 1 aromatic heterocycles. The fourth-order valence-electron chi connectivity index (χ4n) is 5.50. The molecule has 0 saturated heterocycles. The Bertz CT molecular complexity index is 1130. The number of primary amides is 1. The van der Waals surface area contributed by atoms with Crippen LogP contribution in [0.15, 0.2) is 77.6 Å². The molecule has 0 aliphatic heterocycles. The lowest BCUT2D eigenvalue weighted by Gasteiger charge is -2.38. The molecule has 3 aromatic rings. The first kappa shape index (κ1) is 23.0. The SMILES string of the molecule is Cn1c(C(C2CCC(C(N)=O)CC2)C(CN)c2ccccc2)cc(-c2ccccc2)cc1=O. The van der Waals surface area contributed by atoms with Crippen molar-refractivity contribution in [2.24, 2.45) is 30.4 Å². The van der Waals surface area contributed by atoms with Crippen molar-refractivity contribution in [3.8, 4) is 11.1 Å². The van der Waals surface area contributed by atoms with Crippen LogP contribution in [0.1, 0.15) is 48.8 Å². The molecule has 4 rings (SSSR count). The summed E-state index contributed by atoms with van der Waals surface area (Å²) in [5, 5.41) is 0. The van der Waals surface area contributed by atoms with Crippen molar-refractivity contribution < 1.29 is 4.79 Å². The minimum atomic E-state index is -0.207. The highest BCUT2D eigenvalue weighted by Crippen LogP contribution is 2.45. The molecule has 5 heteroatoms. The smallest absolute Gasteiger partial charge is 0.251 e. The van der Waals surface area contributed by atoms with Crippen LogP contribution >= 0.6 is 0 Å². The Morgan fingerprint density at radius 2 is 1.55 bits per heavy atom. The maximum Gasteiger partial charge on any atom is 0.251 e. The first-order valence-electron chi connectivity index (χ1n) is 11.8. The van der Waals surface area contributed by atoms with E-state index in [1.54, 1.807) is 10.6 Å². The number of rotatable bonds is 7. The van der Waals surface area contributed by atoms with Crippen LogP contribution < -0.4 is 17.0 Å². The average Bonchev–Trinajstić information content (AvgIpc) is 2.85. The standard InChI is InChI=1S/C28H33N3O2/c1-31-25(16-23(17-26(31)32)19-8-4-2-5-9-19)27(21-12-14-22(15-13-21)28(30)33)24(18-29)20-10-6-3-7-11-20/h2-11,16-17,21-22,24,27H,12-15,18,29H2,1H3,(H2,30,33). The molecule has 0 spiro atoms. The molecule has 2 aromatic carbocycles. The van der Waals surface area contributed by atoms with E-state index in [-0.39, 0.29) is 29.2 Å². The second kappa shape index (κ2) is 10.2. The summed E-state index contributed by atoms with van der Waals surface area (Å²) >= 11 is 0. The monoisotopic (exact) mass is 443 g/mol. The zero-order valence-corrected chi connectivity index (χ0v) is 19.2. The minimum absolute atomic E-state index is 0.0222. The quantitative estimate of drug-likeness (QED) is 0.574. The van der Waals surface area contributed by atoms with Crippen LogP contribution in [0, 0.1) is 11.8 Å². The third kappa shape index (κ3) is 4.93. The number of hydrogen-bond acceptors (Lipinski definition) is 3. The van der Waals surface area contributed by atoms with Gasteiger partial charge >= 0.3 is 0 Å². The van der Waals surface area contributed by atoms with Gasteiger partial charge in [0.2, 0.25) is 5.91 Å². The number of benzene rings is 2. The Hall–Kier alpha value is -3.18. The highest BCUT2D eigenvalue weighted by molar-refractivity contribution is 5.76. The van der Waals surface area contributed by atoms with Crippen LogP contribution in [0.2, 0.25) is 0 Å². The normalized spacial score (nSPS) is 20.2. The summed E-state index contributed by atoms with van der Waals surface area (Å²) in [5.74, 6) is 0.174. The zero-order chi connectivity index (χ0) is 23.4. The molecule has 1 aliphatic rings. The number of aromatic nitrogens is 1. The Morgan fingerprint density at radius 1 is 0.939 bits per heavy atom. The van der Waals surface area contributed by atoms with E-state index in [4.69, 9.17) is 11.5 Å². The molecule has 0 radical (unpaired) electrons. The van der Waals surface area contributed by atoms with Crippen molar-refractivity contribution in [1.29, 1.82) is 0 Å². The largest absolute Gasteiger partial charge is 0.369 e. The van der Waals surface area contributed by atoms with Crippen molar-refractivity contribution >= 4 is 5.91 Å². The van der Waals surface area contributed by atoms with E-state index in [0.717, 1.165) is 42.5 Å². The van der Waals surface area contributed by atoms with E-state index in [0.29, 0.717) is 12.5 Å². The lowest BCUT2D eigenvalue weighted by Crippen LogP contribution is -2.35. The molecule has 0 bridgehead atoms. The predicted molar refractivity (Wildman–Crippen MR) is 133 cm³/mol. The number of hydrogen-bond donors (Lipinski definition) is 2. The van der Waals surface area contributed by atoms with Gasteiger partial charge in [0.25, 0.3) is 5.56 Å². The predicted octanol–water partition coefficient (Wildman–Crippen LogP) is 4.17. The molecule has 2 unspecified atom stereocenters. The number of pyridine rings is 1. The molecular formula is C28H33N3O2. The molecule has 1 heterocycles. The first-order chi connectivity index (χ1) is 16.0. The highest BCUT2D eigenvalue weighted by atomic mass is 16.1. The molecule has 4 N–H and O–H groups in total. The molecule has 5 nitrogen and oxygen atoms in total. The van der Waals surface area contributed by atoms with Gasteiger partial charge in [-0.05, 0) is 60.9 Å². The van der Waals surface area contributed by atoms with Crippen molar-refractivity contribution in [2.75, 3.05) is 6.54 Å². The molecule has 2 atom stereocenters. The third-order valence-electron chi connectivity index (χ3n) is 7.35. The molecule has 1 amide bonds. The summed E-state index contributed by atoms with van der Waals surface area (Å²) in [6.45, 7) is 0.480. The molecule has 1 fully saturated rings. The molecule has 33 heavy (non-hydrogen) atoms. The van der Waals surface area contributed by atoms with E-state index in [1.807, 2.05) is 55.6 Å². The van der Waals surface area contributed by atoms with Gasteiger partial charge in [0.05, 0.1) is 0 Å². The Labute approximate surface area is 195 Å². The van der Waals surface area contributed by atoms with E-state index < -0.39 is 0 Å². The van der Waals surface area contributed by atoms with Gasteiger partial charge in [-0.25, -0.2) is 0 Å². The van der Waals surface area contributed by atoms with Gasteiger partial charge in [-0.1, -0.05) is 60.7 Å². The Balaban J connectivity index is 1.82. The summed E-state index contributed by atoms with van der Waals surface area (Å²) < 4.78 is 1.78. The van der Waals surface area contributed by atoms with Gasteiger partial charge in [0, 0.05) is 36.6 Å². The van der Waals surface area contributed by atoms with Crippen LogP contribution in [-0.2, 0) is 11.8 Å².